The lowest BCUT2D eigenvalue weighted by Crippen LogP contribution is -2.46. The number of carbonyl (C=O) groups is 2. The van der Waals surface area contributed by atoms with Gasteiger partial charge >= 0.3 is 0 Å². The van der Waals surface area contributed by atoms with Crippen LogP contribution in [-0.4, -0.2) is 46.0 Å². The molecule has 0 atom stereocenters. The standard InChI is InChI=1S/C18H23BrN4O3/c1-10(2)14-13(19)15(22-21-14)18(25)23-7-4-12(5-8-23)20-17(24)16-11(3)6-9-26-16/h6,9-10,12H,4-5,7-8H2,1-3H3,(H,20,24)(H,21,22). The quantitative estimate of drug-likeness (QED) is 0.790. The van der Waals surface area contributed by atoms with E-state index in [1.165, 1.54) is 6.26 Å². The molecule has 1 aliphatic rings. The van der Waals surface area contributed by atoms with Crippen molar-refractivity contribution < 1.29 is 14.0 Å². The summed E-state index contributed by atoms with van der Waals surface area (Å²) in [6, 6.07) is 1.80. The van der Waals surface area contributed by atoms with E-state index < -0.39 is 0 Å². The highest BCUT2D eigenvalue weighted by atomic mass is 79.9. The van der Waals surface area contributed by atoms with Crippen LogP contribution in [0.15, 0.2) is 21.2 Å². The fraction of sp³-hybridized carbons (Fsp3) is 0.500. The molecular weight excluding hydrogens is 400 g/mol. The van der Waals surface area contributed by atoms with Gasteiger partial charge in [-0.1, -0.05) is 13.8 Å². The molecule has 0 aromatic carbocycles. The van der Waals surface area contributed by atoms with Crippen molar-refractivity contribution >= 4 is 27.7 Å². The highest BCUT2D eigenvalue weighted by Gasteiger charge is 2.29. The van der Waals surface area contributed by atoms with E-state index in [4.69, 9.17) is 4.42 Å². The molecule has 8 heteroatoms. The van der Waals surface area contributed by atoms with Crippen molar-refractivity contribution in [3.8, 4) is 0 Å². The largest absolute Gasteiger partial charge is 0.459 e. The van der Waals surface area contributed by atoms with E-state index in [-0.39, 0.29) is 23.8 Å². The Bertz CT molecular complexity index is 803. The van der Waals surface area contributed by atoms with Crippen LogP contribution in [-0.2, 0) is 0 Å². The number of hydrogen-bond acceptors (Lipinski definition) is 4. The summed E-state index contributed by atoms with van der Waals surface area (Å²) in [5.41, 5.74) is 2.16. The monoisotopic (exact) mass is 422 g/mol. The zero-order valence-corrected chi connectivity index (χ0v) is 16.7. The number of aromatic nitrogens is 2. The summed E-state index contributed by atoms with van der Waals surface area (Å²) in [5.74, 6) is 0.315. The number of nitrogens with zero attached hydrogens (tertiary/aromatic N) is 2. The van der Waals surface area contributed by atoms with Gasteiger partial charge in [0.15, 0.2) is 11.5 Å². The first-order valence-electron chi connectivity index (χ1n) is 8.76. The number of likely N-dealkylation sites (tertiary alicyclic amines) is 1. The Balaban J connectivity index is 1.57. The van der Waals surface area contributed by atoms with E-state index >= 15 is 0 Å². The van der Waals surface area contributed by atoms with E-state index in [0.717, 1.165) is 15.7 Å². The lowest BCUT2D eigenvalue weighted by Gasteiger charge is -2.32. The van der Waals surface area contributed by atoms with Gasteiger partial charge in [0.05, 0.1) is 16.4 Å². The molecule has 2 aromatic rings. The maximum absolute atomic E-state index is 12.7. The SMILES string of the molecule is Cc1ccoc1C(=O)NC1CCN(C(=O)c2n[nH]c(C(C)C)c2Br)CC1. The van der Waals surface area contributed by atoms with Crippen molar-refractivity contribution in [2.45, 2.75) is 45.6 Å². The number of aromatic amines is 1. The molecule has 3 heterocycles. The Kier molecular flexibility index (Phi) is 5.50. The van der Waals surface area contributed by atoms with Crippen molar-refractivity contribution in [3.05, 3.63) is 39.5 Å². The molecule has 0 bridgehead atoms. The van der Waals surface area contributed by atoms with E-state index in [2.05, 4.69) is 31.4 Å². The van der Waals surface area contributed by atoms with Crippen LogP contribution in [0, 0.1) is 6.92 Å². The minimum absolute atomic E-state index is 0.0323. The maximum atomic E-state index is 12.7. The highest BCUT2D eigenvalue weighted by molar-refractivity contribution is 9.10. The molecule has 1 aliphatic heterocycles. The van der Waals surface area contributed by atoms with Crippen LogP contribution in [0.5, 0.6) is 0 Å². The van der Waals surface area contributed by atoms with Crippen LogP contribution in [0.3, 0.4) is 0 Å². The Morgan fingerprint density at radius 3 is 2.62 bits per heavy atom. The zero-order chi connectivity index (χ0) is 18.8. The predicted molar refractivity (Wildman–Crippen MR) is 100 cm³/mol. The third kappa shape index (κ3) is 3.70. The lowest BCUT2D eigenvalue weighted by atomic mass is 10.0. The fourth-order valence-corrected chi connectivity index (χ4v) is 3.90. The summed E-state index contributed by atoms with van der Waals surface area (Å²) in [4.78, 5) is 26.7. The van der Waals surface area contributed by atoms with Crippen LogP contribution >= 0.6 is 15.9 Å². The van der Waals surface area contributed by atoms with Crippen LogP contribution in [0.25, 0.3) is 0 Å². The topological polar surface area (TPSA) is 91.2 Å². The van der Waals surface area contributed by atoms with Gasteiger partial charge in [0.1, 0.15) is 0 Å². The molecule has 0 aliphatic carbocycles. The first kappa shape index (κ1) is 18.7. The molecule has 0 spiro atoms. The van der Waals surface area contributed by atoms with Crippen molar-refractivity contribution in [2.24, 2.45) is 0 Å². The molecular formula is C18H23BrN4O3. The number of H-pyrrole nitrogens is 1. The number of furan rings is 1. The molecule has 26 heavy (non-hydrogen) atoms. The number of hydrogen-bond donors (Lipinski definition) is 2. The molecule has 140 valence electrons. The molecule has 0 saturated carbocycles. The summed E-state index contributed by atoms with van der Waals surface area (Å²) >= 11 is 3.48. The molecule has 7 nitrogen and oxygen atoms in total. The van der Waals surface area contributed by atoms with Crippen LogP contribution < -0.4 is 5.32 Å². The van der Waals surface area contributed by atoms with Gasteiger partial charge in [0.25, 0.3) is 11.8 Å². The summed E-state index contributed by atoms with van der Waals surface area (Å²) in [6.45, 7) is 7.09. The summed E-state index contributed by atoms with van der Waals surface area (Å²) in [5, 5.41) is 10.1. The number of aryl methyl sites for hydroxylation is 1. The van der Waals surface area contributed by atoms with Crippen LogP contribution in [0.1, 0.15) is 64.9 Å². The number of halogens is 1. The van der Waals surface area contributed by atoms with E-state index in [1.807, 2.05) is 20.8 Å². The number of nitrogens with one attached hydrogen (secondary N) is 2. The minimum atomic E-state index is -0.200. The first-order valence-corrected chi connectivity index (χ1v) is 9.55. The van der Waals surface area contributed by atoms with Gasteiger partial charge in [-0.2, -0.15) is 5.10 Å². The van der Waals surface area contributed by atoms with Crippen molar-refractivity contribution in [3.63, 3.8) is 0 Å². The van der Waals surface area contributed by atoms with Crippen molar-refractivity contribution in [1.82, 2.24) is 20.4 Å². The minimum Gasteiger partial charge on any atom is -0.459 e. The third-order valence-corrected chi connectivity index (χ3v) is 5.50. The first-order chi connectivity index (χ1) is 12.4. The summed E-state index contributed by atoms with van der Waals surface area (Å²) < 4.78 is 5.96. The summed E-state index contributed by atoms with van der Waals surface area (Å²) in [6.07, 6.45) is 2.92. The molecule has 3 rings (SSSR count). The zero-order valence-electron chi connectivity index (χ0n) is 15.1. The van der Waals surface area contributed by atoms with E-state index in [0.29, 0.717) is 37.4 Å². The van der Waals surface area contributed by atoms with Gasteiger partial charge in [-0.3, -0.25) is 14.7 Å². The van der Waals surface area contributed by atoms with Crippen molar-refractivity contribution in [2.75, 3.05) is 13.1 Å². The third-order valence-electron chi connectivity index (χ3n) is 4.70. The Labute approximate surface area is 160 Å². The van der Waals surface area contributed by atoms with Gasteiger partial charge in [-0.15, -0.1) is 0 Å². The molecule has 0 radical (unpaired) electrons. The maximum Gasteiger partial charge on any atom is 0.287 e. The van der Waals surface area contributed by atoms with Gasteiger partial charge in [-0.25, -0.2) is 0 Å². The van der Waals surface area contributed by atoms with Gasteiger partial charge < -0.3 is 14.6 Å². The second-order valence-electron chi connectivity index (χ2n) is 6.93. The molecule has 1 fully saturated rings. The van der Waals surface area contributed by atoms with Crippen LogP contribution in [0.2, 0.25) is 0 Å². The normalized spacial score (nSPS) is 15.5. The van der Waals surface area contributed by atoms with Gasteiger partial charge in [0.2, 0.25) is 0 Å². The molecule has 1 saturated heterocycles. The number of rotatable bonds is 4. The Morgan fingerprint density at radius 1 is 1.38 bits per heavy atom. The van der Waals surface area contributed by atoms with E-state index in [9.17, 15) is 9.59 Å². The van der Waals surface area contributed by atoms with Gasteiger partial charge in [0, 0.05) is 24.7 Å². The number of carbonyl (C=O) groups excluding carboxylic acids is 2. The molecule has 0 unspecified atom stereocenters. The Morgan fingerprint density at radius 2 is 2.08 bits per heavy atom. The molecule has 2 aromatic heterocycles. The predicted octanol–water partition coefficient (Wildman–Crippen LogP) is 3.23. The fourth-order valence-electron chi connectivity index (χ4n) is 3.10. The van der Waals surface area contributed by atoms with Gasteiger partial charge in [-0.05, 0) is 47.7 Å². The smallest absolute Gasteiger partial charge is 0.287 e. The average molecular weight is 423 g/mol. The highest BCUT2D eigenvalue weighted by Crippen LogP contribution is 2.27. The average Bonchev–Trinajstić information content (AvgIpc) is 3.20. The second kappa shape index (κ2) is 7.65. The summed E-state index contributed by atoms with van der Waals surface area (Å²) in [7, 11) is 0. The molecule has 2 amide bonds. The van der Waals surface area contributed by atoms with E-state index in [1.54, 1.807) is 11.0 Å². The second-order valence-corrected chi connectivity index (χ2v) is 7.72. The number of piperidine rings is 1. The Hall–Kier alpha value is -2.09. The number of amides is 2. The molecule has 2 N–H and O–H groups in total. The van der Waals surface area contributed by atoms with Crippen LogP contribution in [0.4, 0.5) is 0 Å². The van der Waals surface area contributed by atoms with Crippen molar-refractivity contribution in [1.29, 1.82) is 0 Å². The lowest BCUT2D eigenvalue weighted by molar-refractivity contribution is 0.0689.